The number of phenols is 2. The molecule has 44 heavy (non-hydrogen) atoms. The van der Waals surface area contributed by atoms with E-state index in [9.17, 15) is 15.3 Å². The van der Waals surface area contributed by atoms with Gasteiger partial charge < -0.3 is 15.3 Å². The van der Waals surface area contributed by atoms with Crippen molar-refractivity contribution in [1.82, 2.24) is 0 Å². The Labute approximate surface area is 262 Å². The van der Waals surface area contributed by atoms with Gasteiger partial charge in [0.05, 0.1) is 5.41 Å². The van der Waals surface area contributed by atoms with Gasteiger partial charge in [-0.3, -0.25) is 14.4 Å². The second kappa shape index (κ2) is 11.2. The number of hydrogen-bond acceptors (Lipinski definition) is 6. The van der Waals surface area contributed by atoms with Crippen LogP contribution < -0.4 is 0 Å². The van der Waals surface area contributed by atoms with Crippen molar-refractivity contribution in [2.24, 2.45) is 39.4 Å². The van der Waals surface area contributed by atoms with Crippen molar-refractivity contribution < 1.29 is 29.7 Å². The third-order valence-electron chi connectivity index (χ3n) is 11.3. The lowest BCUT2D eigenvalue weighted by Crippen LogP contribution is -2.73. The molecule has 3 N–H and O–H groups in total. The Kier molecular flexibility index (Phi) is 8.51. The predicted octanol–water partition coefficient (Wildman–Crippen LogP) is 8.45. The number of aromatic hydroxyl groups is 2. The molecule has 0 radical (unpaired) electrons. The van der Waals surface area contributed by atoms with Crippen LogP contribution in [0.5, 0.6) is 11.5 Å². The summed E-state index contributed by atoms with van der Waals surface area (Å²) in [5.41, 5.74) is -1.75. The fraction of sp³-hybridized carbons (Fsp3) is 0.553. The van der Waals surface area contributed by atoms with Gasteiger partial charge in [-0.05, 0) is 114 Å². The van der Waals surface area contributed by atoms with Crippen LogP contribution in [0, 0.1) is 39.4 Å². The van der Waals surface area contributed by atoms with Crippen molar-refractivity contribution in [2.45, 2.75) is 94.4 Å². The Hall–Kier alpha value is -3.41. The fourth-order valence-electron chi connectivity index (χ4n) is 9.10. The van der Waals surface area contributed by atoms with Crippen LogP contribution in [0.2, 0.25) is 0 Å². The van der Waals surface area contributed by atoms with Crippen LogP contribution in [-0.4, -0.2) is 32.7 Å². The number of Topliss-reactive ketones (excluding diaryl/α,β-unsaturated/α-hetero) is 3. The molecule has 3 fully saturated rings. The van der Waals surface area contributed by atoms with E-state index in [1.807, 2.05) is 54.5 Å². The molecule has 6 nitrogen and oxygen atoms in total. The average molecular weight is 603 g/mol. The van der Waals surface area contributed by atoms with Crippen LogP contribution in [0.3, 0.4) is 0 Å². The van der Waals surface area contributed by atoms with E-state index in [1.54, 1.807) is 0 Å². The summed E-state index contributed by atoms with van der Waals surface area (Å²) in [6, 6.07) is 3.70. The van der Waals surface area contributed by atoms with Crippen molar-refractivity contribution >= 4 is 23.1 Å². The third-order valence-corrected chi connectivity index (χ3v) is 11.3. The first-order valence-electron chi connectivity index (χ1n) is 15.8. The molecule has 0 saturated heterocycles. The van der Waals surface area contributed by atoms with Crippen LogP contribution in [-0.2, 0) is 14.4 Å². The molecule has 3 saturated carbocycles. The summed E-state index contributed by atoms with van der Waals surface area (Å²) in [6.45, 7) is 22.4. The minimum Gasteiger partial charge on any atom is -0.506 e. The zero-order chi connectivity index (χ0) is 33.2. The predicted molar refractivity (Wildman–Crippen MR) is 174 cm³/mol. The van der Waals surface area contributed by atoms with E-state index in [4.69, 9.17) is 0 Å². The number of aliphatic hydroxyl groups is 1. The summed E-state index contributed by atoms with van der Waals surface area (Å²) in [6.07, 6.45) is 6.44. The molecule has 238 valence electrons. The van der Waals surface area contributed by atoms with Crippen molar-refractivity contribution in [2.75, 3.05) is 0 Å². The maximum atomic E-state index is 15.5. The molecule has 1 aromatic carbocycles. The minimum atomic E-state index is -1.60. The molecular weight excluding hydrogens is 552 g/mol. The molecule has 0 amide bonds. The van der Waals surface area contributed by atoms with Crippen LogP contribution in [0.15, 0.2) is 59.2 Å². The zero-order valence-corrected chi connectivity index (χ0v) is 27.9. The van der Waals surface area contributed by atoms with Gasteiger partial charge in [-0.25, -0.2) is 0 Å². The first kappa shape index (κ1) is 33.5. The molecule has 3 aliphatic carbocycles. The summed E-state index contributed by atoms with van der Waals surface area (Å²) < 4.78 is 0. The number of allylic oxidation sites excluding steroid dienone is 6. The quantitative estimate of drug-likeness (QED) is 0.0752. The molecule has 1 spiro atoms. The van der Waals surface area contributed by atoms with Crippen LogP contribution in [0.25, 0.3) is 5.76 Å². The summed E-state index contributed by atoms with van der Waals surface area (Å²) in [5.74, 6) is -3.50. The van der Waals surface area contributed by atoms with Crippen molar-refractivity contribution in [3.05, 3.63) is 64.8 Å². The van der Waals surface area contributed by atoms with E-state index >= 15 is 14.4 Å². The Morgan fingerprint density at radius 1 is 0.909 bits per heavy atom. The SMILES string of the molecule is C=C(C)[C@H]1CC[C@@H]2[C@@H](CC=C(C)C)C(C)(C)[C@]3(CC=C(C)C)C(=O)C(=C(O)c4ccc(O)c(O)c4)C(=O)[C@@]2(CC1(C)C)C3=O. The standard InChI is InChI=1S/C38H50O6/c1-21(2)11-13-26-27-15-14-25(23(5)6)35(7,8)20-37(27)32(42)30(31(41)24-12-16-28(39)29(40)19-24)33(43)38(34(37)44,36(26,9)10)18-17-22(3)4/h11-12,16-17,19,25-27,39-41H,5,13-15,18,20H2,1-4,6-10H3/t25-,26-,27-,37+,38-/m1/s1. The molecule has 0 aliphatic heterocycles. The number of rotatable bonds is 6. The highest BCUT2D eigenvalue weighted by atomic mass is 16.3. The molecule has 5 atom stereocenters. The van der Waals surface area contributed by atoms with Gasteiger partial charge >= 0.3 is 0 Å². The summed E-state index contributed by atoms with van der Waals surface area (Å²) >= 11 is 0. The van der Waals surface area contributed by atoms with Gasteiger partial charge in [-0.15, -0.1) is 0 Å². The minimum absolute atomic E-state index is 0.0290. The Balaban J connectivity index is 2.17. The highest BCUT2D eigenvalue weighted by Gasteiger charge is 2.77. The smallest absolute Gasteiger partial charge is 0.184 e. The largest absolute Gasteiger partial charge is 0.506 e. The highest BCUT2D eigenvalue weighted by Crippen LogP contribution is 2.71. The van der Waals surface area contributed by atoms with E-state index in [0.717, 1.165) is 29.2 Å². The summed E-state index contributed by atoms with van der Waals surface area (Å²) in [4.78, 5) is 45.6. The topological polar surface area (TPSA) is 112 Å². The number of aliphatic hydroxyl groups excluding tert-OH is 1. The molecule has 2 bridgehead atoms. The Morgan fingerprint density at radius 2 is 1.52 bits per heavy atom. The van der Waals surface area contributed by atoms with Gasteiger partial charge in [0.2, 0.25) is 0 Å². The molecule has 0 aromatic heterocycles. The highest BCUT2D eigenvalue weighted by molar-refractivity contribution is 6.41. The van der Waals surface area contributed by atoms with Gasteiger partial charge in [0.15, 0.2) is 28.8 Å². The van der Waals surface area contributed by atoms with Gasteiger partial charge in [0.1, 0.15) is 16.7 Å². The van der Waals surface area contributed by atoms with E-state index < -0.39 is 50.5 Å². The van der Waals surface area contributed by atoms with Gasteiger partial charge in [0.25, 0.3) is 0 Å². The van der Waals surface area contributed by atoms with Crippen LogP contribution in [0.4, 0.5) is 0 Å². The number of benzene rings is 1. The second-order valence-corrected chi connectivity index (χ2v) is 15.4. The molecule has 1 aromatic rings. The molecule has 0 heterocycles. The molecule has 3 aliphatic rings. The van der Waals surface area contributed by atoms with Crippen molar-refractivity contribution in [1.29, 1.82) is 0 Å². The fourth-order valence-corrected chi connectivity index (χ4v) is 9.10. The van der Waals surface area contributed by atoms with Gasteiger partial charge in [-0.1, -0.05) is 63.1 Å². The van der Waals surface area contributed by atoms with Crippen LogP contribution in [0.1, 0.15) is 100.0 Å². The van der Waals surface area contributed by atoms with E-state index in [0.29, 0.717) is 12.8 Å². The maximum absolute atomic E-state index is 15.5. The lowest BCUT2D eigenvalue weighted by molar-refractivity contribution is -0.188. The monoisotopic (exact) mass is 602 g/mol. The van der Waals surface area contributed by atoms with Crippen molar-refractivity contribution in [3.8, 4) is 11.5 Å². The normalized spacial score (nSPS) is 31.8. The molecule has 0 unspecified atom stereocenters. The third kappa shape index (κ3) is 4.80. The number of ketones is 3. The first-order valence-corrected chi connectivity index (χ1v) is 15.8. The number of hydrogen-bond donors (Lipinski definition) is 3. The summed E-state index contributed by atoms with van der Waals surface area (Å²) in [7, 11) is 0. The van der Waals surface area contributed by atoms with E-state index in [-0.39, 0.29) is 47.5 Å². The lowest BCUT2D eigenvalue weighted by Gasteiger charge is -2.64. The maximum Gasteiger partial charge on any atom is 0.184 e. The van der Waals surface area contributed by atoms with Crippen molar-refractivity contribution in [3.63, 3.8) is 0 Å². The van der Waals surface area contributed by atoms with E-state index in [2.05, 4.69) is 26.5 Å². The summed E-state index contributed by atoms with van der Waals surface area (Å²) in [5, 5.41) is 31.9. The zero-order valence-electron chi connectivity index (χ0n) is 27.9. The van der Waals surface area contributed by atoms with E-state index in [1.165, 1.54) is 12.1 Å². The number of carbonyl (C=O) groups is 3. The number of carbonyl (C=O) groups excluding carboxylic acids is 3. The second-order valence-electron chi connectivity index (χ2n) is 15.4. The average Bonchev–Trinajstić information content (AvgIpc) is 3.02. The van der Waals surface area contributed by atoms with Crippen LogP contribution >= 0.6 is 0 Å². The molecule has 4 rings (SSSR count). The van der Waals surface area contributed by atoms with Gasteiger partial charge in [0, 0.05) is 5.56 Å². The van der Waals surface area contributed by atoms with Gasteiger partial charge in [-0.2, -0.15) is 0 Å². The number of fused-ring (bicyclic) bond motifs is 1. The first-order chi connectivity index (χ1) is 20.3. The molecule has 6 heteroatoms. The molecular formula is C38H50O6. The number of phenolic OH excluding ortho intramolecular Hbond substituents is 2. The Morgan fingerprint density at radius 3 is 2.07 bits per heavy atom. The Bertz CT molecular complexity index is 1510. The lowest BCUT2D eigenvalue weighted by atomic mass is 9.35.